The van der Waals surface area contributed by atoms with Gasteiger partial charge in [0.2, 0.25) is 0 Å². The van der Waals surface area contributed by atoms with E-state index < -0.39 is 0 Å². The molecule has 1 atom stereocenters. The molecule has 2 nitrogen and oxygen atoms in total. The number of Topliss-reactive ketones (excluding diaryl/α,β-unsaturated/α-hetero) is 1. The minimum Gasteiger partial charge on any atom is -0.294 e. The highest BCUT2D eigenvalue weighted by Crippen LogP contribution is 2.39. The lowest BCUT2D eigenvalue weighted by molar-refractivity contribution is 0.0929. The fourth-order valence-electron chi connectivity index (χ4n) is 3.65. The van der Waals surface area contributed by atoms with Gasteiger partial charge in [-0.25, -0.2) is 0 Å². The first-order valence-electron chi connectivity index (χ1n) is 7.30. The molecule has 0 aromatic heterocycles. The molecule has 0 bridgehead atoms. The molecule has 2 aliphatic carbocycles. The number of hydrogen-bond acceptors (Lipinski definition) is 2. The molecule has 2 aliphatic rings. The van der Waals surface area contributed by atoms with Gasteiger partial charge in [0.15, 0.2) is 5.78 Å². The molecule has 1 fully saturated rings. The van der Waals surface area contributed by atoms with E-state index in [9.17, 15) is 4.79 Å². The lowest BCUT2D eigenvalue weighted by Gasteiger charge is -2.33. The summed E-state index contributed by atoms with van der Waals surface area (Å²) in [7, 11) is 0. The average Bonchev–Trinajstić information content (AvgIpc) is 3.06. The maximum absolute atomic E-state index is 12.1. The van der Waals surface area contributed by atoms with Gasteiger partial charge < -0.3 is 0 Å². The van der Waals surface area contributed by atoms with Gasteiger partial charge in [0.1, 0.15) is 0 Å². The second kappa shape index (κ2) is 5.30. The van der Waals surface area contributed by atoms with Gasteiger partial charge in [-0.1, -0.05) is 43.2 Å². The maximum Gasteiger partial charge on any atom is 0.165 e. The standard InChI is InChI=1S/C17H21NO/c1-2-11-18(13-7-3-4-8-13)16-12-17(19)15-10-6-5-9-14(15)16/h2,5-6,9-10,13,16H,1,3-4,7-8,11-12H2. The molecule has 0 heterocycles. The van der Waals surface area contributed by atoms with Crippen LogP contribution in [0.25, 0.3) is 0 Å². The van der Waals surface area contributed by atoms with Crippen LogP contribution in [0.5, 0.6) is 0 Å². The lowest BCUT2D eigenvalue weighted by Crippen LogP contribution is -2.36. The van der Waals surface area contributed by atoms with Crippen molar-refractivity contribution in [1.82, 2.24) is 4.90 Å². The number of hydrogen-bond donors (Lipinski definition) is 0. The zero-order chi connectivity index (χ0) is 13.2. The minimum atomic E-state index is 0.268. The Balaban J connectivity index is 1.91. The van der Waals surface area contributed by atoms with Crippen molar-refractivity contribution in [2.24, 2.45) is 0 Å². The van der Waals surface area contributed by atoms with Crippen molar-refractivity contribution in [2.75, 3.05) is 6.54 Å². The summed E-state index contributed by atoms with van der Waals surface area (Å²) in [5.74, 6) is 0.299. The van der Waals surface area contributed by atoms with E-state index in [0.717, 1.165) is 12.1 Å². The molecule has 3 rings (SSSR count). The summed E-state index contributed by atoms with van der Waals surface area (Å²) in [6.07, 6.45) is 7.79. The van der Waals surface area contributed by atoms with Crippen molar-refractivity contribution in [3.05, 3.63) is 48.0 Å². The third-order valence-corrected chi connectivity index (χ3v) is 4.53. The van der Waals surface area contributed by atoms with Crippen molar-refractivity contribution in [3.63, 3.8) is 0 Å². The van der Waals surface area contributed by atoms with Crippen LogP contribution >= 0.6 is 0 Å². The van der Waals surface area contributed by atoms with Crippen molar-refractivity contribution in [3.8, 4) is 0 Å². The maximum atomic E-state index is 12.1. The Morgan fingerprint density at radius 1 is 1.26 bits per heavy atom. The van der Waals surface area contributed by atoms with Crippen LogP contribution in [0.4, 0.5) is 0 Å². The highest BCUT2D eigenvalue weighted by Gasteiger charge is 2.36. The first kappa shape index (κ1) is 12.6. The first-order chi connectivity index (χ1) is 9.31. The van der Waals surface area contributed by atoms with Gasteiger partial charge in [0.25, 0.3) is 0 Å². The summed E-state index contributed by atoms with van der Waals surface area (Å²) >= 11 is 0. The fourth-order valence-corrected chi connectivity index (χ4v) is 3.65. The number of carbonyl (C=O) groups excluding carboxylic acids is 1. The smallest absolute Gasteiger partial charge is 0.165 e. The molecule has 100 valence electrons. The number of benzene rings is 1. The van der Waals surface area contributed by atoms with E-state index in [0.29, 0.717) is 18.2 Å². The van der Waals surface area contributed by atoms with Gasteiger partial charge in [-0.05, 0) is 18.4 Å². The van der Waals surface area contributed by atoms with Crippen molar-refractivity contribution in [2.45, 2.75) is 44.2 Å². The van der Waals surface area contributed by atoms with Gasteiger partial charge in [0.05, 0.1) is 0 Å². The average molecular weight is 255 g/mol. The molecule has 1 aromatic rings. The summed E-state index contributed by atoms with van der Waals surface area (Å²) < 4.78 is 0. The SMILES string of the molecule is C=CCN(C1CCCC1)C1CC(=O)c2ccccc21. The Bertz CT molecular complexity index is 488. The van der Waals surface area contributed by atoms with E-state index in [1.165, 1.54) is 31.2 Å². The molecule has 0 aliphatic heterocycles. The van der Waals surface area contributed by atoms with Crippen molar-refractivity contribution >= 4 is 5.78 Å². The second-order valence-electron chi connectivity index (χ2n) is 5.65. The molecule has 1 unspecified atom stereocenters. The number of carbonyl (C=O) groups is 1. The highest BCUT2D eigenvalue weighted by molar-refractivity contribution is 6.01. The lowest BCUT2D eigenvalue weighted by atomic mass is 10.0. The third-order valence-electron chi connectivity index (χ3n) is 4.53. The fraction of sp³-hybridized carbons (Fsp3) is 0.471. The summed E-state index contributed by atoms with van der Waals surface area (Å²) in [5, 5.41) is 0. The second-order valence-corrected chi connectivity index (χ2v) is 5.65. The number of ketones is 1. The predicted molar refractivity (Wildman–Crippen MR) is 77.3 cm³/mol. The Hall–Kier alpha value is -1.41. The van der Waals surface area contributed by atoms with Crippen LogP contribution in [0.3, 0.4) is 0 Å². The molecule has 0 amide bonds. The van der Waals surface area contributed by atoms with Crippen LogP contribution in [0.2, 0.25) is 0 Å². The summed E-state index contributed by atoms with van der Waals surface area (Å²) in [5.41, 5.74) is 2.15. The van der Waals surface area contributed by atoms with Crippen LogP contribution in [-0.2, 0) is 0 Å². The van der Waals surface area contributed by atoms with Crippen LogP contribution < -0.4 is 0 Å². The number of nitrogens with zero attached hydrogens (tertiary/aromatic N) is 1. The zero-order valence-corrected chi connectivity index (χ0v) is 11.3. The quantitative estimate of drug-likeness (QED) is 0.764. The number of fused-ring (bicyclic) bond motifs is 1. The van der Waals surface area contributed by atoms with Gasteiger partial charge >= 0.3 is 0 Å². The minimum absolute atomic E-state index is 0.268. The van der Waals surface area contributed by atoms with Crippen molar-refractivity contribution < 1.29 is 4.79 Å². The predicted octanol–water partition coefficient (Wildman–Crippen LogP) is 3.74. The summed E-state index contributed by atoms with van der Waals surface area (Å²) in [4.78, 5) is 14.7. The van der Waals surface area contributed by atoms with Crippen molar-refractivity contribution in [1.29, 1.82) is 0 Å². The van der Waals surface area contributed by atoms with Gasteiger partial charge in [-0.2, -0.15) is 0 Å². The van der Waals surface area contributed by atoms with Gasteiger partial charge in [0, 0.05) is 30.6 Å². The largest absolute Gasteiger partial charge is 0.294 e. The Labute approximate surface area is 115 Å². The Morgan fingerprint density at radius 3 is 2.74 bits per heavy atom. The first-order valence-corrected chi connectivity index (χ1v) is 7.30. The van der Waals surface area contributed by atoms with E-state index in [1.807, 2.05) is 24.3 Å². The van der Waals surface area contributed by atoms with E-state index in [4.69, 9.17) is 0 Å². The van der Waals surface area contributed by atoms with E-state index in [-0.39, 0.29) is 6.04 Å². The van der Waals surface area contributed by atoms with Crippen LogP contribution in [0.1, 0.15) is 54.1 Å². The van der Waals surface area contributed by atoms with E-state index in [2.05, 4.69) is 17.5 Å². The number of rotatable bonds is 4. The molecule has 1 aromatic carbocycles. The summed E-state index contributed by atoms with van der Waals surface area (Å²) in [6, 6.07) is 9.00. The van der Waals surface area contributed by atoms with E-state index in [1.54, 1.807) is 0 Å². The van der Waals surface area contributed by atoms with Gasteiger partial charge in [-0.15, -0.1) is 6.58 Å². The van der Waals surface area contributed by atoms with Crippen LogP contribution in [0.15, 0.2) is 36.9 Å². The molecule has 0 radical (unpaired) electrons. The molecule has 0 spiro atoms. The third kappa shape index (κ3) is 2.25. The normalized spacial score (nSPS) is 23.0. The zero-order valence-electron chi connectivity index (χ0n) is 11.3. The Morgan fingerprint density at radius 2 is 2.00 bits per heavy atom. The molecule has 2 heteroatoms. The molecule has 1 saturated carbocycles. The topological polar surface area (TPSA) is 20.3 Å². The monoisotopic (exact) mass is 255 g/mol. The van der Waals surface area contributed by atoms with Gasteiger partial charge in [-0.3, -0.25) is 9.69 Å². The van der Waals surface area contributed by atoms with E-state index >= 15 is 0 Å². The van der Waals surface area contributed by atoms with Crippen LogP contribution in [0, 0.1) is 0 Å². The molecule has 0 saturated heterocycles. The Kier molecular flexibility index (Phi) is 3.52. The van der Waals surface area contributed by atoms with Crippen LogP contribution in [-0.4, -0.2) is 23.3 Å². The highest BCUT2D eigenvalue weighted by atomic mass is 16.1. The molecule has 0 N–H and O–H groups in total. The summed E-state index contributed by atoms with van der Waals surface area (Å²) in [6.45, 7) is 4.78. The molecule has 19 heavy (non-hydrogen) atoms. The molecular formula is C17H21NO. The molecular weight excluding hydrogens is 234 g/mol.